The molecule has 1 aliphatic heterocycles. The first kappa shape index (κ1) is 11.2. The number of Topliss-reactive ketones (excluding diaryl/α,β-unsaturated/α-hetero) is 1. The highest BCUT2D eigenvalue weighted by atomic mass is 79.9. The van der Waals surface area contributed by atoms with E-state index in [2.05, 4.69) is 15.9 Å². The molecule has 0 saturated carbocycles. The monoisotopic (exact) mass is 305 g/mol. The first-order valence-corrected chi connectivity index (χ1v) is 7.02. The number of thiophene rings is 1. The summed E-state index contributed by atoms with van der Waals surface area (Å²) in [5.41, 5.74) is 0. The molecular formula is C9H8BrNO2S2. The van der Waals surface area contributed by atoms with E-state index in [1.807, 2.05) is 11.4 Å². The van der Waals surface area contributed by atoms with Crippen LogP contribution in [0.3, 0.4) is 0 Å². The molecule has 1 saturated heterocycles. The van der Waals surface area contributed by atoms with Crippen LogP contribution in [0.25, 0.3) is 0 Å². The van der Waals surface area contributed by atoms with Crippen LogP contribution in [0.2, 0.25) is 0 Å². The maximum absolute atomic E-state index is 11.8. The molecule has 0 N–H and O–H groups in total. The van der Waals surface area contributed by atoms with Gasteiger partial charge < -0.3 is 4.90 Å². The predicted octanol–water partition coefficient (Wildman–Crippen LogP) is 2.86. The van der Waals surface area contributed by atoms with E-state index < -0.39 is 0 Å². The van der Waals surface area contributed by atoms with E-state index in [4.69, 9.17) is 0 Å². The number of hydrogen-bond acceptors (Lipinski definition) is 4. The zero-order valence-electron chi connectivity index (χ0n) is 7.73. The third-order valence-electron chi connectivity index (χ3n) is 2.05. The van der Waals surface area contributed by atoms with Crippen molar-refractivity contribution >= 4 is 50.1 Å². The lowest BCUT2D eigenvalue weighted by Crippen LogP contribution is -2.29. The molecule has 2 rings (SSSR count). The van der Waals surface area contributed by atoms with Gasteiger partial charge in [-0.2, -0.15) is 0 Å². The molecule has 1 amide bonds. The summed E-state index contributed by atoms with van der Waals surface area (Å²) in [6.07, 6.45) is 0. The number of carbonyl (C=O) groups is 2. The van der Waals surface area contributed by atoms with E-state index in [-0.39, 0.29) is 17.6 Å². The molecule has 0 aromatic carbocycles. The van der Waals surface area contributed by atoms with Gasteiger partial charge in [-0.05, 0) is 27.4 Å². The smallest absolute Gasteiger partial charge is 0.282 e. The standard InChI is InChI=1S/C9H8BrNO2S2/c10-6-1-3-14-8(6)7(12)5-11-2-4-15-9(11)13/h1,3H,2,4-5H2. The van der Waals surface area contributed by atoms with Crippen LogP contribution >= 0.6 is 39.0 Å². The van der Waals surface area contributed by atoms with Crippen molar-refractivity contribution in [3.8, 4) is 0 Å². The Morgan fingerprint density at radius 1 is 1.60 bits per heavy atom. The number of thioether (sulfide) groups is 1. The number of carbonyl (C=O) groups excluding carboxylic acids is 2. The van der Waals surface area contributed by atoms with Gasteiger partial charge in [-0.1, -0.05) is 11.8 Å². The summed E-state index contributed by atoms with van der Waals surface area (Å²) < 4.78 is 0.816. The van der Waals surface area contributed by atoms with E-state index >= 15 is 0 Å². The van der Waals surface area contributed by atoms with Gasteiger partial charge in [0.1, 0.15) is 0 Å². The Bertz CT molecular complexity index is 405. The van der Waals surface area contributed by atoms with E-state index in [9.17, 15) is 9.59 Å². The molecule has 15 heavy (non-hydrogen) atoms. The summed E-state index contributed by atoms with van der Waals surface area (Å²) >= 11 is 5.99. The van der Waals surface area contributed by atoms with Crippen molar-refractivity contribution in [2.24, 2.45) is 0 Å². The van der Waals surface area contributed by atoms with Gasteiger partial charge in [0.2, 0.25) is 0 Å². The Labute approximate surface area is 104 Å². The maximum Gasteiger partial charge on any atom is 0.282 e. The zero-order chi connectivity index (χ0) is 10.8. The molecule has 1 aliphatic rings. The third-order valence-corrected chi connectivity index (χ3v) is 4.82. The quantitative estimate of drug-likeness (QED) is 0.806. The molecule has 0 bridgehead atoms. The fourth-order valence-corrected chi connectivity index (χ4v) is 3.66. The molecule has 1 fully saturated rings. The number of nitrogens with zero attached hydrogens (tertiary/aromatic N) is 1. The van der Waals surface area contributed by atoms with Gasteiger partial charge >= 0.3 is 0 Å². The fourth-order valence-electron chi connectivity index (χ4n) is 1.31. The minimum Gasteiger partial charge on any atom is -0.325 e. The van der Waals surface area contributed by atoms with Gasteiger partial charge in [-0.3, -0.25) is 9.59 Å². The van der Waals surface area contributed by atoms with Crippen LogP contribution in [0.1, 0.15) is 9.67 Å². The molecular weight excluding hydrogens is 298 g/mol. The number of ketones is 1. The average molecular weight is 306 g/mol. The van der Waals surface area contributed by atoms with Gasteiger partial charge in [0.25, 0.3) is 5.24 Å². The summed E-state index contributed by atoms with van der Waals surface area (Å²) in [5.74, 6) is 0.797. The molecule has 0 atom stereocenters. The summed E-state index contributed by atoms with van der Waals surface area (Å²) in [5, 5.41) is 1.87. The van der Waals surface area contributed by atoms with Crippen LogP contribution < -0.4 is 0 Å². The zero-order valence-corrected chi connectivity index (χ0v) is 11.0. The minimum absolute atomic E-state index is 0.00715. The molecule has 3 nitrogen and oxygen atoms in total. The van der Waals surface area contributed by atoms with Crippen LogP contribution in [0, 0.1) is 0 Å². The van der Waals surface area contributed by atoms with E-state index in [1.165, 1.54) is 23.1 Å². The number of hydrogen-bond donors (Lipinski definition) is 0. The van der Waals surface area contributed by atoms with Gasteiger partial charge in [0.05, 0.1) is 11.4 Å². The summed E-state index contributed by atoms with van der Waals surface area (Å²) in [7, 11) is 0. The molecule has 0 aliphatic carbocycles. The molecule has 80 valence electrons. The van der Waals surface area contributed by atoms with Gasteiger partial charge in [0.15, 0.2) is 5.78 Å². The van der Waals surface area contributed by atoms with Crippen LogP contribution in [-0.2, 0) is 0 Å². The Balaban J connectivity index is 2.04. The number of amides is 1. The lowest BCUT2D eigenvalue weighted by Gasteiger charge is -2.12. The van der Waals surface area contributed by atoms with Crippen LogP contribution in [-0.4, -0.2) is 34.8 Å². The second-order valence-electron chi connectivity index (χ2n) is 3.06. The van der Waals surface area contributed by atoms with Crippen molar-refractivity contribution < 1.29 is 9.59 Å². The Hall–Kier alpha value is -0.330. The van der Waals surface area contributed by atoms with E-state index in [0.717, 1.165) is 10.2 Å². The summed E-state index contributed by atoms with van der Waals surface area (Å²) in [4.78, 5) is 25.4. The van der Waals surface area contributed by atoms with Gasteiger partial charge in [0, 0.05) is 16.8 Å². The highest BCUT2D eigenvalue weighted by molar-refractivity contribution is 9.10. The fraction of sp³-hybridized carbons (Fsp3) is 0.333. The Morgan fingerprint density at radius 3 is 2.93 bits per heavy atom. The number of rotatable bonds is 3. The molecule has 2 heterocycles. The molecule has 0 unspecified atom stereocenters. The summed E-state index contributed by atoms with van der Waals surface area (Å²) in [6.45, 7) is 0.878. The van der Waals surface area contributed by atoms with Gasteiger partial charge in [-0.25, -0.2) is 0 Å². The van der Waals surface area contributed by atoms with Crippen molar-refractivity contribution in [1.82, 2.24) is 4.90 Å². The van der Waals surface area contributed by atoms with Crippen molar-refractivity contribution in [1.29, 1.82) is 0 Å². The van der Waals surface area contributed by atoms with Crippen molar-refractivity contribution in [3.05, 3.63) is 20.8 Å². The van der Waals surface area contributed by atoms with Crippen molar-refractivity contribution in [2.75, 3.05) is 18.8 Å². The molecule has 1 aromatic heterocycles. The Morgan fingerprint density at radius 2 is 2.40 bits per heavy atom. The van der Waals surface area contributed by atoms with Crippen LogP contribution in [0.15, 0.2) is 15.9 Å². The molecule has 6 heteroatoms. The second-order valence-corrected chi connectivity index (χ2v) is 5.87. The highest BCUT2D eigenvalue weighted by Gasteiger charge is 2.24. The van der Waals surface area contributed by atoms with E-state index in [1.54, 1.807) is 4.90 Å². The van der Waals surface area contributed by atoms with Crippen LogP contribution in [0.5, 0.6) is 0 Å². The molecule has 1 aromatic rings. The molecule has 0 radical (unpaired) electrons. The second kappa shape index (κ2) is 4.67. The highest BCUT2D eigenvalue weighted by Crippen LogP contribution is 2.24. The van der Waals surface area contributed by atoms with Crippen molar-refractivity contribution in [3.63, 3.8) is 0 Å². The van der Waals surface area contributed by atoms with Crippen LogP contribution in [0.4, 0.5) is 4.79 Å². The first-order chi connectivity index (χ1) is 7.18. The first-order valence-electron chi connectivity index (χ1n) is 4.36. The predicted molar refractivity (Wildman–Crippen MR) is 65.8 cm³/mol. The SMILES string of the molecule is O=C(CN1CCSC1=O)c1sccc1Br. The van der Waals surface area contributed by atoms with E-state index in [0.29, 0.717) is 11.4 Å². The normalized spacial score (nSPS) is 16.1. The Kier molecular flexibility index (Phi) is 3.48. The molecule has 0 spiro atoms. The lowest BCUT2D eigenvalue weighted by atomic mass is 10.3. The van der Waals surface area contributed by atoms with Gasteiger partial charge in [-0.15, -0.1) is 11.3 Å². The average Bonchev–Trinajstić information content (AvgIpc) is 2.76. The maximum atomic E-state index is 11.8. The largest absolute Gasteiger partial charge is 0.325 e. The summed E-state index contributed by atoms with van der Waals surface area (Å²) in [6, 6.07) is 1.85. The minimum atomic E-state index is 0.00715. The lowest BCUT2D eigenvalue weighted by molar-refractivity contribution is 0.0959. The topological polar surface area (TPSA) is 37.4 Å². The third kappa shape index (κ3) is 2.43. The number of halogens is 1. The van der Waals surface area contributed by atoms with Crippen molar-refractivity contribution in [2.45, 2.75) is 0 Å².